The summed E-state index contributed by atoms with van der Waals surface area (Å²) in [7, 11) is 0. The van der Waals surface area contributed by atoms with Gasteiger partial charge >= 0.3 is 0 Å². The van der Waals surface area contributed by atoms with Crippen molar-refractivity contribution in [3.8, 4) is 0 Å². The van der Waals surface area contributed by atoms with Crippen LogP contribution in [0.2, 0.25) is 0 Å². The minimum atomic E-state index is 0.0792. The number of hydrogen-bond acceptors (Lipinski definition) is 2. The zero-order chi connectivity index (χ0) is 11.0. The van der Waals surface area contributed by atoms with E-state index in [0.717, 1.165) is 15.6 Å². The van der Waals surface area contributed by atoms with Gasteiger partial charge in [-0.05, 0) is 24.6 Å². The summed E-state index contributed by atoms with van der Waals surface area (Å²) in [5, 5.41) is 0. The van der Waals surface area contributed by atoms with Crippen LogP contribution in [0.4, 0.5) is 0 Å². The van der Waals surface area contributed by atoms with Gasteiger partial charge in [-0.15, -0.1) is 0 Å². The number of carbonyl (C=O) groups excluding carboxylic acids is 1. The smallest absolute Gasteiger partial charge is 0.254 e. The first-order chi connectivity index (χ1) is 7.08. The lowest BCUT2D eigenvalue weighted by molar-refractivity contribution is 0.0607. The van der Waals surface area contributed by atoms with Gasteiger partial charge in [0.1, 0.15) is 0 Å². The minimum Gasteiger partial charge on any atom is -0.335 e. The second kappa shape index (κ2) is 3.94. The van der Waals surface area contributed by atoms with Gasteiger partial charge in [-0.2, -0.15) is 0 Å². The van der Waals surface area contributed by atoms with Crippen molar-refractivity contribution in [2.24, 2.45) is 5.73 Å². The maximum atomic E-state index is 12.0. The summed E-state index contributed by atoms with van der Waals surface area (Å²) in [6, 6.07) is 5.90. The quantitative estimate of drug-likeness (QED) is 0.840. The van der Waals surface area contributed by atoms with E-state index in [1.54, 1.807) is 4.90 Å². The molecule has 1 saturated heterocycles. The number of halogens is 1. The van der Waals surface area contributed by atoms with Crippen LogP contribution in [0.15, 0.2) is 22.7 Å². The molecule has 1 aliphatic rings. The van der Waals surface area contributed by atoms with Crippen LogP contribution in [0, 0.1) is 6.92 Å². The topological polar surface area (TPSA) is 46.3 Å². The Balaban J connectivity index is 2.22. The number of amides is 1. The number of carbonyl (C=O) groups is 1. The summed E-state index contributed by atoms with van der Waals surface area (Å²) in [5.41, 5.74) is 7.41. The average Bonchev–Trinajstić information content (AvgIpc) is 2.16. The fraction of sp³-hybridized carbons (Fsp3) is 0.364. The lowest BCUT2D eigenvalue weighted by Gasteiger charge is -2.37. The zero-order valence-electron chi connectivity index (χ0n) is 8.53. The van der Waals surface area contributed by atoms with E-state index in [1.165, 1.54) is 0 Å². The Hall–Kier alpha value is -0.870. The van der Waals surface area contributed by atoms with E-state index in [-0.39, 0.29) is 11.9 Å². The molecule has 0 unspecified atom stereocenters. The molecule has 0 bridgehead atoms. The molecule has 1 heterocycles. The SMILES string of the molecule is Cc1ccc(Br)cc1C(=O)N1CC(N)C1. The van der Waals surface area contributed by atoms with E-state index in [0.29, 0.717) is 13.1 Å². The molecular weight excluding hydrogens is 256 g/mol. The summed E-state index contributed by atoms with van der Waals surface area (Å²) >= 11 is 3.37. The van der Waals surface area contributed by atoms with Crippen molar-refractivity contribution in [2.45, 2.75) is 13.0 Å². The summed E-state index contributed by atoms with van der Waals surface area (Å²) in [6.07, 6.45) is 0. The maximum Gasteiger partial charge on any atom is 0.254 e. The lowest BCUT2D eigenvalue weighted by Crippen LogP contribution is -2.57. The third-order valence-corrected chi connectivity index (χ3v) is 3.12. The van der Waals surface area contributed by atoms with Crippen molar-refractivity contribution in [3.63, 3.8) is 0 Å². The second-order valence-electron chi connectivity index (χ2n) is 3.93. The van der Waals surface area contributed by atoms with Crippen LogP contribution in [0.1, 0.15) is 15.9 Å². The normalized spacial score (nSPS) is 16.3. The molecule has 0 aliphatic carbocycles. The highest BCUT2D eigenvalue weighted by Gasteiger charge is 2.28. The molecule has 0 spiro atoms. The van der Waals surface area contributed by atoms with Crippen LogP contribution >= 0.6 is 15.9 Å². The van der Waals surface area contributed by atoms with Gasteiger partial charge in [0.25, 0.3) is 5.91 Å². The first-order valence-electron chi connectivity index (χ1n) is 4.89. The van der Waals surface area contributed by atoms with Gasteiger partial charge in [0, 0.05) is 29.2 Å². The van der Waals surface area contributed by atoms with Crippen LogP contribution in [0.3, 0.4) is 0 Å². The maximum absolute atomic E-state index is 12.0. The van der Waals surface area contributed by atoms with Crippen molar-refractivity contribution in [2.75, 3.05) is 13.1 Å². The van der Waals surface area contributed by atoms with Crippen molar-refractivity contribution >= 4 is 21.8 Å². The predicted octanol–water partition coefficient (Wildman–Crippen LogP) is 1.54. The fourth-order valence-corrected chi connectivity index (χ4v) is 2.03. The summed E-state index contributed by atoms with van der Waals surface area (Å²) in [6.45, 7) is 3.29. The first-order valence-corrected chi connectivity index (χ1v) is 5.68. The highest BCUT2D eigenvalue weighted by Crippen LogP contribution is 2.19. The van der Waals surface area contributed by atoms with Crippen molar-refractivity contribution in [1.29, 1.82) is 0 Å². The standard InChI is InChI=1S/C11H13BrN2O/c1-7-2-3-8(12)4-10(7)11(15)14-5-9(13)6-14/h2-4,9H,5-6,13H2,1H3. The lowest BCUT2D eigenvalue weighted by atomic mass is 10.0. The molecule has 1 fully saturated rings. The van der Waals surface area contributed by atoms with Crippen LogP contribution in [-0.2, 0) is 0 Å². The Morgan fingerprint density at radius 3 is 2.80 bits per heavy atom. The van der Waals surface area contributed by atoms with E-state index in [1.807, 2.05) is 25.1 Å². The Morgan fingerprint density at radius 1 is 1.53 bits per heavy atom. The monoisotopic (exact) mass is 268 g/mol. The molecule has 1 aliphatic heterocycles. The van der Waals surface area contributed by atoms with Gasteiger partial charge in [-0.25, -0.2) is 0 Å². The molecule has 1 amide bonds. The van der Waals surface area contributed by atoms with Crippen LogP contribution < -0.4 is 5.73 Å². The molecule has 0 atom stereocenters. The summed E-state index contributed by atoms with van der Waals surface area (Å²) < 4.78 is 0.932. The molecule has 1 aromatic carbocycles. The molecule has 0 aromatic heterocycles. The molecule has 0 saturated carbocycles. The average molecular weight is 269 g/mol. The van der Waals surface area contributed by atoms with Crippen LogP contribution in [-0.4, -0.2) is 29.9 Å². The molecule has 2 N–H and O–H groups in total. The molecule has 80 valence electrons. The Kier molecular flexibility index (Phi) is 2.80. The number of nitrogens with two attached hydrogens (primary N) is 1. The zero-order valence-corrected chi connectivity index (χ0v) is 10.1. The number of aryl methyl sites for hydroxylation is 1. The van der Waals surface area contributed by atoms with Gasteiger partial charge < -0.3 is 10.6 Å². The number of rotatable bonds is 1. The number of benzene rings is 1. The Bertz CT molecular complexity index is 400. The minimum absolute atomic E-state index is 0.0792. The van der Waals surface area contributed by atoms with Crippen molar-refractivity contribution < 1.29 is 4.79 Å². The molecule has 3 nitrogen and oxygen atoms in total. The van der Waals surface area contributed by atoms with E-state index >= 15 is 0 Å². The Morgan fingerprint density at radius 2 is 2.20 bits per heavy atom. The predicted molar refractivity (Wildman–Crippen MR) is 62.8 cm³/mol. The molecule has 15 heavy (non-hydrogen) atoms. The fourth-order valence-electron chi connectivity index (χ4n) is 1.67. The summed E-state index contributed by atoms with van der Waals surface area (Å²) in [4.78, 5) is 13.8. The largest absolute Gasteiger partial charge is 0.335 e. The first kappa shape index (κ1) is 10.6. The van der Waals surface area contributed by atoms with Gasteiger partial charge in [0.2, 0.25) is 0 Å². The van der Waals surface area contributed by atoms with E-state index in [9.17, 15) is 4.79 Å². The third-order valence-electron chi connectivity index (χ3n) is 2.63. The number of likely N-dealkylation sites (tertiary alicyclic amines) is 1. The number of nitrogens with zero attached hydrogens (tertiary/aromatic N) is 1. The van der Waals surface area contributed by atoms with Crippen LogP contribution in [0.25, 0.3) is 0 Å². The molecule has 2 rings (SSSR count). The second-order valence-corrected chi connectivity index (χ2v) is 4.85. The Labute approximate surface area is 97.4 Å². The van der Waals surface area contributed by atoms with Crippen LogP contribution in [0.5, 0.6) is 0 Å². The summed E-state index contributed by atoms with van der Waals surface area (Å²) in [5.74, 6) is 0.0792. The van der Waals surface area contributed by atoms with Crippen molar-refractivity contribution in [3.05, 3.63) is 33.8 Å². The molecule has 1 aromatic rings. The molecule has 4 heteroatoms. The van der Waals surface area contributed by atoms with Gasteiger partial charge in [-0.3, -0.25) is 4.79 Å². The van der Waals surface area contributed by atoms with E-state index in [4.69, 9.17) is 5.73 Å². The number of hydrogen-bond donors (Lipinski definition) is 1. The molecule has 0 radical (unpaired) electrons. The van der Waals surface area contributed by atoms with Gasteiger partial charge in [-0.1, -0.05) is 22.0 Å². The molecular formula is C11H13BrN2O. The third kappa shape index (κ3) is 2.06. The van der Waals surface area contributed by atoms with Gasteiger partial charge in [0.05, 0.1) is 0 Å². The van der Waals surface area contributed by atoms with Gasteiger partial charge in [0.15, 0.2) is 0 Å². The highest BCUT2D eigenvalue weighted by molar-refractivity contribution is 9.10. The van der Waals surface area contributed by atoms with Crippen molar-refractivity contribution in [1.82, 2.24) is 4.90 Å². The highest BCUT2D eigenvalue weighted by atomic mass is 79.9. The van der Waals surface area contributed by atoms with E-state index in [2.05, 4.69) is 15.9 Å². The van der Waals surface area contributed by atoms with E-state index < -0.39 is 0 Å².